The van der Waals surface area contributed by atoms with Gasteiger partial charge < -0.3 is 5.32 Å². The molecule has 3 rings (SSSR count). The zero-order valence-corrected chi connectivity index (χ0v) is 14.1. The number of sulfonamides is 1. The molecule has 0 aromatic heterocycles. The van der Waals surface area contributed by atoms with Gasteiger partial charge in [-0.3, -0.25) is 14.9 Å². The van der Waals surface area contributed by atoms with Crippen LogP contribution in [0.3, 0.4) is 0 Å². The van der Waals surface area contributed by atoms with E-state index in [4.69, 9.17) is 0 Å². The first-order valence-corrected chi connectivity index (χ1v) is 9.32. The van der Waals surface area contributed by atoms with Crippen molar-refractivity contribution in [3.8, 4) is 0 Å². The van der Waals surface area contributed by atoms with Crippen molar-refractivity contribution >= 4 is 21.6 Å². The van der Waals surface area contributed by atoms with E-state index in [9.17, 15) is 23.3 Å². The summed E-state index contributed by atoms with van der Waals surface area (Å²) in [4.78, 5) is 22.5. The smallest absolute Gasteiger partial charge is 0.270 e. The predicted molar refractivity (Wildman–Crippen MR) is 85.9 cm³/mol. The lowest BCUT2D eigenvalue weighted by atomic mass is 10.2. The molecule has 0 spiro atoms. The highest BCUT2D eigenvalue weighted by atomic mass is 32.2. The largest absolute Gasteiger partial charge is 0.352 e. The molecule has 1 unspecified atom stereocenters. The number of non-ortho nitro benzene ring substituents is 1. The summed E-state index contributed by atoms with van der Waals surface area (Å²) in [5.74, 6) is -0.276. The Morgan fingerprint density at radius 1 is 1.33 bits per heavy atom. The number of carbonyl (C=O) groups excluding carboxylic acids is 1. The van der Waals surface area contributed by atoms with Gasteiger partial charge in [-0.15, -0.1) is 0 Å². The van der Waals surface area contributed by atoms with Crippen LogP contribution in [0.1, 0.15) is 31.2 Å². The van der Waals surface area contributed by atoms with Crippen molar-refractivity contribution in [1.29, 1.82) is 0 Å². The number of nitro benzene ring substituents is 1. The Morgan fingerprint density at radius 2 is 2.04 bits per heavy atom. The number of nitrogens with one attached hydrogen (secondary N) is 1. The van der Waals surface area contributed by atoms with E-state index >= 15 is 0 Å². The fourth-order valence-corrected chi connectivity index (χ4v) is 4.82. The van der Waals surface area contributed by atoms with Crippen LogP contribution in [0, 0.1) is 17.0 Å². The van der Waals surface area contributed by atoms with Gasteiger partial charge in [0.1, 0.15) is 6.04 Å². The molecule has 0 bridgehead atoms. The number of benzene rings is 1. The van der Waals surface area contributed by atoms with E-state index in [2.05, 4.69) is 5.32 Å². The first-order chi connectivity index (χ1) is 11.3. The van der Waals surface area contributed by atoms with Crippen molar-refractivity contribution < 1.29 is 18.1 Å². The lowest BCUT2D eigenvalue weighted by Gasteiger charge is -2.24. The number of carbonyl (C=O) groups is 1. The number of nitrogens with zero attached hydrogens (tertiary/aromatic N) is 2. The summed E-state index contributed by atoms with van der Waals surface area (Å²) in [6, 6.07) is 3.17. The number of hydrogen-bond donors (Lipinski definition) is 1. The second-order valence-electron chi connectivity index (χ2n) is 6.26. The third-order valence-corrected chi connectivity index (χ3v) is 6.45. The average Bonchev–Trinajstić information content (AvgIpc) is 3.18. The summed E-state index contributed by atoms with van der Waals surface area (Å²) in [6.45, 7) is 1.83. The average molecular weight is 353 g/mol. The summed E-state index contributed by atoms with van der Waals surface area (Å²) >= 11 is 0. The summed E-state index contributed by atoms with van der Waals surface area (Å²) in [6.07, 6.45) is 2.91. The number of nitro groups is 1. The van der Waals surface area contributed by atoms with Gasteiger partial charge in [0, 0.05) is 24.7 Å². The van der Waals surface area contributed by atoms with Gasteiger partial charge >= 0.3 is 0 Å². The van der Waals surface area contributed by atoms with Crippen molar-refractivity contribution in [3.05, 3.63) is 33.9 Å². The Morgan fingerprint density at radius 3 is 2.67 bits per heavy atom. The first kappa shape index (κ1) is 16.8. The van der Waals surface area contributed by atoms with Crippen molar-refractivity contribution in [2.75, 3.05) is 6.54 Å². The maximum absolute atomic E-state index is 13.0. The van der Waals surface area contributed by atoms with E-state index in [1.165, 1.54) is 16.4 Å². The lowest BCUT2D eigenvalue weighted by molar-refractivity contribution is -0.385. The van der Waals surface area contributed by atoms with Crippen LogP contribution in [-0.4, -0.2) is 42.2 Å². The molecule has 1 N–H and O–H groups in total. The Labute approximate surface area is 140 Å². The fraction of sp³-hybridized carbons (Fsp3) is 0.533. The maximum atomic E-state index is 13.0. The number of aryl methyl sites for hydroxylation is 1. The van der Waals surface area contributed by atoms with E-state index in [1.54, 1.807) is 6.92 Å². The van der Waals surface area contributed by atoms with Crippen LogP contribution in [0.5, 0.6) is 0 Å². The van der Waals surface area contributed by atoms with Crippen molar-refractivity contribution in [2.24, 2.45) is 0 Å². The van der Waals surface area contributed by atoms with Crippen LogP contribution in [0.4, 0.5) is 5.69 Å². The van der Waals surface area contributed by atoms with Crippen LogP contribution in [0.25, 0.3) is 0 Å². The molecule has 1 aromatic carbocycles. The molecule has 1 atom stereocenters. The van der Waals surface area contributed by atoms with Crippen LogP contribution >= 0.6 is 0 Å². The normalized spacial score (nSPS) is 21.6. The minimum absolute atomic E-state index is 0.108. The standard InChI is InChI=1S/C15H19N3O5S/c1-10-4-7-12(18(20)21)9-14(10)24(22,23)17-8-2-3-13(17)15(19)16-11-5-6-11/h4,7,9,11,13H,2-3,5-6,8H2,1H3,(H,16,19). The third-order valence-electron chi connectivity index (χ3n) is 4.40. The van der Waals surface area contributed by atoms with Crippen molar-refractivity contribution in [2.45, 2.75) is 49.6 Å². The molecule has 1 heterocycles. The molecule has 1 aliphatic carbocycles. The van der Waals surface area contributed by atoms with E-state index < -0.39 is 21.0 Å². The molecular formula is C15H19N3O5S. The molecule has 9 heteroatoms. The van der Waals surface area contributed by atoms with Gasteiger partial charge in [0.2, 0.25) is 15.9 Å². The molecule has 8 nitrogen and oxygen atoms in total. The van der Waals surface area contributed by atoms with Crippen LogP contribution in [0.15, 0.2) is 23.1 Å². The Hall–Kier alpha value is -2.00. The SMILES string of the molecule is Cc1ccc([N+](=O)[O-])cc1S(=O)(=O)N1CCCC1C(=O)NC1CC1. The molecular weight excluding hydrogens is 334 g/mol. The minimum atomic E-state index is -3.97. The highest BCUT2D eigenvalue weighted by Crippen LogP contribution is 2.30. The number of rotatable bonds is 5. The Kier molecular flexibility index (Phi) is 4.31. The van der Waals surface area contributed by atoms with Gasteiger partial charge in [-0.05, 0) is 38.2 Å². The van der Waals surface area contributed by atoms with Gasteiger partial charge in [-0.2, -0.15) is 4.31 Å². The molecule has 1 aromatic rings. The van der Waals surface area contributed by atoms with E-state index in [-0.39, 0.29) is 29.1 Å². The molecule has 1 aliphatic heterocycles. The van der Waals surface area contributed by atoms with Gasteiger partial charge in [0.15, 0.2) is 0 Å². The van der Waals surface area contributed by atoms with Gasteiger partial charge in [-0.25, -0.2) is 8.42 Å². The minimum Gasteiger partial charge on any atom is -0.352 e. The first-order valence-electron chi connectivity index (χ1n) is 7.88. The third kappa shape index (κ3) is 3.13. The summed E-state index contributed by atoms with van der Waals surface area (Å²) in [5, 5.41) is 13.8. The molecule has 1 saturated carbocycles. The topological polar surface area (TPSA) is 110 Å². The van der Waals surface area contributed by atoms with Gasteiger partial charge in [0.05, 0.1) is 9.82 Å². The van der Waals surface area contributed by atoms with Gasteiger partial charge in [-0.1, -0.05) is 6.07 Å². The highest BCUT2D eigenvalue weighted by molar-refractivity contribution is 7.89. The molecule has 130 valence electrons. The van der Waals surface area contributed by atoms with Crippen LogP contribution in [0.2, 0.25) is 0 Å². The molecule has 1 amide bonds. The monoisotopic (exact) mass is 353 g/mol. The molecule has 0 radical (unpaired) electrons. The molecule has 1 saturated heterocycles. The van der Waals surface area contributed by atoms with Crippen molar-refractivity contribution in [3.63, 3.8) is 0 Å². The quantitative estimate of drug-likeness (QED) is 0.634. The van der Waals surface area contributed by atoms with Crippen LogP contribution < -0.4 is 5.32 Å². The van der Waals surface area contributed by atoms with E-state index in [1.807, 2.05) is 0 Å². The fourth-order valence-electron chi connectivity index (χ4n) is 2.92. The zero-order chi connectivity index (χ0) is 17.5. The number of hydrogen-bond acceptors (Lipinski definition) is 5. The second-order valence-corrected chi connectivity index (χ2v) is 8.12. The van der Waals surface area contributed by atoms with E-state index in [0.29, 0.717) is 18.4 Å². The van der Waals surface area contributed by atoms with Gasteiger partial charge in [0.25, 0.3) is 5.69 Å². The van der Waals surface area contributed by atoms with Crippen LogP contribution in [-0.2, 0) is 14.8 Å². The van der Waals surface area contributed by atoms with Crippen molar-refractivity contribution in [1.82, 2.24) is 9.62 Å². The highest BCUT2D eigenvalue weighted by Gasteiger charge is 2.41. The molecule has 2 aliphatic rings. The summed E-state index contributed by atoms with van der Waals surface area (Å²) in [7, 11) is -3.97. The predicted octanol–water partition coefficient (Wildman–Crippen LogP) is 1.33. The Bertz CT molecular complexity index is 788. The lowest BCUT2D eigenvalue weighted by Crippen LogP contribution is -2.46. The maximum Gasteiger partial charge on any atom is 0.270 e. The molecule has 24 heavy (non-hydrogen) atoms. The second kappa shape index (κ2) is 6.14. The Balaban J connectivity index is 1.92. The summed E-state index contributed by atoms with van der Waals surface area (Å²) in [5.41, 5.74) is 0.145. The molecule has 2 fully saturated rings. The zero-order valence-electron chi connectivity index (χ0n) is 13.3. The number of amides is 1. The summed E-state index contributed by atoms with van der Waals surface area (Å²) < 4.78 is 27.1. The van der Waals surface area contributed by atoms with E-state index in [0.717, 1.165) is 18.9 Å².